The van der Waals surface area contributed by atoms with Crippen LogP contribution in [0.1, 0.15) is 27.9 Å². The summed E-state index contributed by atoms with van der Waals surface area (Å²) in [4.78, 5) is 0.365. The summed E-state index contributed by atoms with van der Waals surface area (Å²) in [5.74, 6) is 0. The summed E-state index contributed by atoms with van der Waals surface area (Å²) in [6, 6.07) is 15.3. The average Bonchev–Trinajstić information content (AvgIpc) is 3.01. The van der Waals surface area contributed by atoms with Gasteiger partial charge in [0, 0.05) is 23.5 Å². The summed E-state index contributed by atoms with van der Waals surface area (Å²) in [5, 5.41) is 0.697. The maximum absolute atomic E-state index is 12.9. The van der Waals surface area contributed by atoms with Crippen LogP contribution in [0.4, 0.5) is 0 Å². The van der Waals surface area contributed by atoms with Crippen molar-refractivity contribution in [1.29, 1.82) is 0 Å². The van der Waals surface area contributed by atoms with E-state index in [0.717, 1.165) is 27.9 Å². The second kappa shape index (κ2) is 7.89. The molecule has 0 saturated carbocycles. The van der Waals surface area contributed by atoms with Gasteiger partial charge in [-0.15, -0.1) is 0 Å². The largest absolute Gasteiger partial charge is 0.346 e. The lowest BCUT2D eigenvalue weighted by Gasteiger charge is -2.14. The molecule has 4 nitrogen and oxygen atoms in total. The highest BCUT2D eigenvalue weighted by molar-refractivity contribution is 7.89. The molecule has 0 aliphatic rings. The molecule has 0 aliphatic heterocycles. The van der Waals surface area contributed by atoms with Gasteiger partial charge in [0.2, 0.25) is 10.0 Å². The smallest absolute Gasteiger partial charge is 0.241 e. The van der Waals surface area contributed by atoms with Crippen molar-refractivity contribution in [3.05, 3.63) is 87.7 Å². The van der Waals surface area contributed by atoms with Crippen molar-refractivity contribution in [1.82, 2.24) is 9.29 Å². The van der Waals surface area contributed by atoms with Crippen LogP contribution in [-0.2, 0) is 23.1 Å². The Hall–Kier alpha value is -2.08. The predicted molar refractivity (Wildman–Crippen MR) is 110 cm³/mol. The van der Waals surface area contributed by atoms with Crippen molar-refractivity contribution in [2.45, 2.75) is 38.8 Å². The standard InChI is InChI=1S/C21H23ClN2O2S/c1-15-11-16(2)21(17(3)12-15)27(25,26)23-13-20-5-4-10-24(20)14-18-6-8-19(22)9-7-18/h4-12,23H,13-14H2,1-3H3. The molecular formula is C21H23ClN2O2S. The Kier molecular flexibility index (Phi) is 5.75. The molecule has 0 unspecified atom stereocenters. The lowest BCUT2D eigenvalue weighted by Crippen LogP contribution is -2.26. The highest BCUT2D eigenvalue weighted by Crippen LogP contribution is 2.22. The van der Waals surface area contributed by atoms with Gasteiger partial charge in [0.05, 0.1) is 11.4 Å². The van der Waals surface area contributed by atoms with Crippen LogP contribution in [0.2, 0.25) is 5.02 Å². The Bertz CT molecular complexity index is 1030. The van der Waals surface area contributed by atoms with Crippen molar-refractivity contribution in [3.8, 4) is 0 Å². The van der Waals surface area contributed by atoms with Crippen molar-refractivity contribution in [2.75, 3.05) is 0 Å². The van der Waals surface area contributed by atoms with Gasteiger partial charge < -0.3 is 4.57 Å². The topological polar surface area (TPSA) is 51.1 Å². The molecule has 0 bridgehead atoms. The van der Waals surface area contributed by atoms with Gasteiger partial charge in [-0.1, -0.05) is 41.4 Å². The van der Waals surface area contributed by atoms with E-state index in [4.69, 9.17) is 11.6 Å². The number of aryl methyl sites for hydroxylation is 3. The molecule has 0 atom stereocenters. The number of rotatable bonds is 6. The fourth-order valence-corrected chi connectivity index (χ4v) is 4.96. The third kappa shape index (κ3) is 4.61. The highest BCUT2D eigenvalue weighted by Gasteiger charge is 2.20. The number of sulfonamides is 1. The first kappa shape index (κ1) is 19.7. The van der Waals surface area contributed by atoms with Crippen molar-refractivity contribution < 1.29 is 8.42 Å². The van der Waals surface area contributed by atoms with Gasteiger partial charge in [-0.25, -0.2) is 13.1 Å². The van der Waals surface area contributed by atoms with Crippen LogP contribution in [0, 0.1) is 20.8 Å². The summed E-state index contributed by atoms with van der Waals surface area (Å²) >= 11 is 5.93. The molecular weight excluding hydrogens is 380 g/mol. The van der Waals surface area contributed by atoms with Gasteiger partial charge in [0.15, 0.2) is 0 Å². The molecule has 0 fully saturated rings. The first-order chi connectivity index (χ1) is 12.8. The van der Waals surface area contributed by atoms with E-state index in [9.17, 15) is 8.42 Å². The SMILES string of the molecule is Cc1cc(C)c(S(=O)(=O)NCc2cccn2Cc2ccc(Cl)cc2)c(C)c1. The van der Waals surface area contributed by atoms with Gasteiger partial charge in [0.25, 0.3) is 0 Å². The molecule has 3 aromatic rings. The first-order valence-electron chi connectivity index (χ1n) is 8.72. The second-order valence-electron chi connectivity index (χ2n) is 6.81. The summed E-state index contributed by atoms with van der Waals surface area (Å²) in [6.45, 7) is 6.52. The zero-order valence-electron chi connectivity index (χ0n) is 15.7. The van der Waals surface area contributed by atoms with E-state index in [2.05, 4.69) is 4.72 Å². The molecule has 1 aromatic heterocycles. The first-order valence-corrected chi connectivity index (χ1v) is 10.6. The monoisotopic (exact) mass is 402 g/mol. The van der Waals surface area contributed by atoms with E-state index in [1.165, 1.54) is 0 Å². The van der Waals surface area contributed by atoms with Gasteiger partial charge in [-0.05, 0) is 61.7 Å². The maximum atomic E-state index is 12.9. The lowest BCUT2D eigenvalue weighted by atomic mass is 10.1. The van der Waals surface area contributed by atoms with E-state index >= 15 is 0 Å². The fourth-order valence-electron chi connectivity index (χ4n) is 3.38. The van der Waals surface area contributed by atoms with Crippen LogP contribution in [0.15, 0.2) is 59.6 Å². The fraction of sp³-hybridized carbons (Fsp3) is 0.238. The molecule has 2 aromatic carbocycles. The highest BCUT2D eigenvalue weighted by atomic mass is 35.5. The van der Waals surface area contributed by atoms with Crippen LogP contribution < -0.4 is 4.72 Å². The zero-order valence-corrected chi connectivity index (χ0v) is 17.2. The minimum atomic E-state index is -3.59. The molecule has 142 valence electrons. The van der Waals surface area contributed by atoms with Gasteiger partial charge in [-0.2, -0.15) is 0 Å². The van der Waals surface area contributed by atoms with Crippen LogP contribution in [0.25, 0.3) is 0 Å². The second-order valence-corrected chi connectivity index (χ2v) is 8.95. The normalized spacial score (nSPS) is 11.7. The van der Waals surface area contributed by atoms with E-state index < -0.39 is 10.0 Å². The zero-order chi connectivity index (χ0) is 19.6. The van der Waals surface area contributed by atoms with Crippen LogP contribution >= 0.6 is 11.6 Å². The van der Waals surface area contributed by atoms with Crippen molar-refractivity contribution >= 4 is 21.6 Å². The average molecular weight is 403 g/mol. The molecule has 6 heteroatoms. The summed E-state index contributed by atoms with van der Waals surface area (Å²) in [5.41, 5.74) is 4.58. The molecule has 0 spiro atoms. The molecule has 1 N–H and O–H groups in total. The van der Waals surface area contributed by atoms with Crippen LogP contribution in [0.5, 0.6) is 0 Å². The minimum absolute atomic E-state index is 0.232. The molecule has 27 heavy (non-hydrogen) atoms. The summed E-state index contributed by atoms with van der Waals surface area (Å²) < 4.78 is 30.5. The maximum Gasteiger partial charge on any atom is 0.241 e. The number of nitrogens with zero attached hydrogens (tertiary/aromatic N) is 1. The quantitative estimate of drug-likeness (QED) is 0.655. The number of halogens is 1. The Morgan fingerprint density at radius 1 is 1.00 bits per heavy atom. The van der Waals surface area contributed by atoms with Gasteiger partial charge in [-0.3, -0.25) is 0 Å². The molecule has 0 saturated heterocycles. The third-order valence-corrected chi connectivity index (χ3v) is 6.46. The van der Waals surface area contributed by atoms with Crippen molar-refractivity contribution in [2.24, 2.45) is 0 Å². The van der Waals surface area contributed by atoms with Crippen LogP contribution in [0.3, 0.4) is 0 Å². The van der Waals surface area contributed by atoms with E-state index in [0.29, 0.717) is 16.5 Å². The predicted octanol–water partition coefficient (Wildman–Crippen LogP) is 4.59. The Labute approximate surface area is 165 Å². The van der Waals surface area contributed by atoms with E-state index in [1.807, 2.05) is 80.1 Å². The van der Waals surface area contributed by atoms with Gasteiger partial charge in [0.1, 0.15) is 0 Å². The number of hydrogen-bond donors (Lipinski definition) is 1. The Morgan fingerprint density at radius 3 is 2.26 bits per heavy atom. The number of nitrogens with one attached hydrogen (secondary N) is 1. The summed E-state index contributed by atoms with van der Waals surface area (Å²) in [7, 11) is -3.59. The number of benzene rings is 2. The van der Waals surface area contributed by atoms with Crippen LogP contribution in [-0.4, -0.2) is 13.0 Å². The molecule has 0 radical (unpaired) electrons. The Balaban J connectivity index is 1.78. The number of hydrogen-bond acceptors (Lipinski definition) is 2. The molecule has 0 aliphatic carbocycles. The van der Waals surface area contributed by atoms with Gasteiger partial charge >= 0.3 is 0 Å². The molecule has 3 rings (SSSR count). The Morgan fingerprint density at radius 2 is 1.63 bits per heavy atom. The summed E-state index contributed by atoms with van der Waals surface area (Å²) in [6.07, 6.45) is 1.95. The number of aromatic nitrogens is 1. The lowest BCUT2D eigenvalue weighted by molar-refractivity contribution is 0.576. The molecule has 0 amide bonds. The van der Waals surface area contributed by atoms with E-state index in [-0.39, 0.29) is 6.54 Å². The minimum Gasteiger partial charge on any atom is -0.346 e. The molecule has 1 heterocycles. The third-order valence-electron chi connectivity index (χ3n) is 4.51. The van der Waals surface area contributed by atoms with Crippen molar-refractivity contribution in [3.63, 3.8) is 0 Å². The van der Waals surface area contributed by atoms with E-state index in [1.54, 1.807) is 0 Å².